The van der Waals surface area contributed by atoms with Gasteiger partial charge in [-0.2, -0.15) is 0 Å². The molecule has 1 aromatic heterocycles. The van der Waals surface area contributed by atoms with Gasteiger partial charge in [0.05, 0.1) is 0 Å². The summed E-state index contributed by atoms with van der Waals surface area (Å²) in [4.78, 5) is 22.3. The lowest BCUT2D eigenvalue weighted by Crippen LogP contribution is -2.23. The molecule has 1 aromatic rings. The first-order chi connectivity index (χ1) is 10.1. The summed E-state index contributed by atoms with van der Waals surface area (Å²) in [5.74, 6) is -1.69. The third kappa shape index (κ3) is 6.97. The van der Waals surface area contributed by atoms with E-state index in [2.05, 4.69) is 12.2 Å². The van der Waals surface area contributed by atoms with Gasteiger partial charge in [-0.25, -0.2) is 4.79 Å². The number of amides is 1. The second-order valence-corrected chi connectivity index (χ2v) is 5.20. The molecule has 2 N–H and O–H groups in total. The molecule has 0 aliphatic rings. The van der Waals surface area contributed by atoms with E-state index in [1.807, 2.05) is 0 Å². The lowest BCUT2D eigenvalue weighted by atomic mass is 10.1. The maximum atomic E-state index is 11.7. The van der Waals surface area contributed by atoms with Crippen LogP contribution in [0.15, 0.2) is 16.5 Å². The fraction of sp³-hybridized carbons (Fsp3) is 0.625. The molecule has 1 amide bonds. The molecule has 1 heterocycles. The number of carboxylic acid groups (broad SMARTS) is 1. The van der Waals surface area contributed by atoms with Crippen LogP contribution in [0.5, 0.6) is 0 Å². The molecular weight excluding hydrogens is 270 g/mol. The molecule has 0 saturated carbocycles. The number of carbonyl (C=O) groups excluding carboxylic acids is 1. The maximum absolute atomic E-state index is 11.7. The Morgan fingerprint density at radius 3 is 2.14 bits per heavy atom. The second kappa shape index (κ2) is 10.0. The minimum atomic E-state index is -1.17. The highest BCUT2D eigenvalue weighted by molar-refractivity contribution is 5.93. The van der Waals surface area contributed by atoms with Gasteiger partial charge in [-0.3, -0.25) is 4.79 Å². The molecule has 0 fully saturated rings. The van der Waals surface area contributed by atoms with Crippen molar-refractivity contribution in [1.82, 2.24) is 5.32 Å². The molecule has 118 valence electrons. The van der Waals surface area contributed by atoms with Crippen LogP contribution in [0.2, 0.25) is 0 Å². The molecule has 0 radical (unpaired) electrons. The van der Waals surface area contributed by atoms with E-state index in [4.69, 9.17) is 9.52 Å². The van der Waals surface area contributed by atoms with E-state index in [0.717, 1.165) is 12.8 Å². The lowest BCUT2D eigenvalue weighted by molar-refractivity contribution is 0.0659. The molecule has 21 heavy (non-hydrogen) atoms. The first kappa shape index (κ1) is 17.3. The molecule has 0 bridgehead atoms. The normalized spacial score (nSPS) is 10.5. The molecule has 5 nitrogen and oxygen atoms in total. The molecule has 0 aromatic carbocycles. The number of aromatic carboxylic acids is 1. The van der Waals surface area contributed by atoms with Crippen LogP contribution in [0, 0.1) is 0 Å². The van der Waals surface area contributed by atoms with E-state index in [1.165, 1.54) is 50.7 Å². The predicted octanol–water partition coefficient (Wildman–Crippen LogP) is 3.85. The van der Waals surface area contributed by atoms with E-state index in [9.17, 15) is 9.59 Å². The quantitative estimate of drug-likeness (QED) is 0.608. The number of nitrogens with one attached hydrogen (secondary N) is 1. The van der Waals surface area contributed by atoms with Gasteiger partial charge in [-0.15, -0.1) is 0 Å². The van der Waals surface area contributed by atoms with E-state index in [0.29, 0.717) is 6.54 Å². The van der Waals surface area contributed by atoms with Crippen molar-refractivity contribution in [1.29, 1.82) is 0 Å². The van der Waals surface area contributed by atoms with Gasteiger partial charge >= 0.3 is 5.97 Å². The van der Waals surface area contributed by atoms with Crippen molar-refractivity contribution >= 4 is 11.9 Å². The van der Waals surface area contributed by atoms with Crippen LogP contribution >= 0.6 is 0 Å². The summed E-state index contributed by atoms with van der Waals surface area (Å²) >= 11 is 0. The zero-order valence-electron chi connectivity index (χ0n) is 12.7. The highest BCUT2D eigenvalue weighted by Crippen LogP contribution is 2.09. The van der Waals surface area contributed by atoms with E-state index in [1.54, 1.807) is 0 Å². The summed E-state index contributed by atoms with van der Waals surface area (Å²) in [7, 11) is 0. The van der Waals surface area contributed by atoms with Gasteiger partial charge in [0.15, 0.2) is 5.76 Å². The monoisotopic (exact) mass is 295 g/mol. The highest BCUT2D eigenvalue weighted by Gasteiger charge is 2.14. The van der Waals surface area contributed by atoms with Crippen LogP contribution in [-0.2, 0) is 0 Å². The standard InChI is InChI=1S/C16H25NO4/c1-2-3-4-5-6-7-8-9-12-17-15(18)13-10-11-14(21-13)16(19)20/h10-11H,2-9,12H2,1H3,(H,17,18)(H,19,20). The summed E-state index contributed by atoms with van der Waals surface area (Å²) in [5, 5.41) is 11.4. The largest absolute Gasteiger partial charge is 0.475 e. The number of unbranched alkanes of at least 4 members (excludes halogenated alkanes) is 7. The summed E-state index contributed by atoms with van der Waals surface area (Å²) in [5.41, 5.74) is 0. The third-order valence-corrected chi connectivity index (χ3v) is 3.36. The smallest absolute Gasteiger partial charge is 0.371 e. The topological polar surface area (TPSA) is 79.5 Å². The third-order valence-electron chi connectivity index (χ3n) is 3.36. The zero-order valence-corrected chi connectivity index (χ0v) is 12.7. The summed E-state index contributed by atoms with van der Waals surface area (Å²) in [6.07, 6.45) is 9.69. The molecular formula is C16H25NO4. The van der Waals surface area contributed by atoms with Crippen molar-refractivity contribution in [2.75, 3.05) is 6.54 Å². The highest BCUT2D eigenvalue weighted by atomic mass is 16.4. The molecule has 1 rings (SSSR count). The molecule has 0 saturated heterocycles. The van der Waals surface area contributed by atoms with Gasteiger partial charge in [0.25, 0.3) is 5.91 Å². The first-order valence-electron chi connectivity index (χ1n) is 7.76. The lowest BCUT2D eigenvalue weighted by Gasteiger charge is -2.03. The minimum Gasteiger partial charge on any atom is -0.475 e. The van der Waals surface area contributed by atoms with Crippen LogP contribution in [0.25, 0.3) is 0 Å². The minimum absolute atomic E-state index is 0.0481. The van der Waals surface area contributed by atoms with Crippen LogP contribution in [0.4, 0.5) is 0 Å². The number of hydrogen-bond donors (Lipinski definition) is 2. The first-order valence-corrected chi connectivity index (χ1v) is 7.76. The van der Waals surface area contributed by atoms with Crippen molar-refractivity contribution < 1.29 is 19.1 Å². The van der Waals surface area contributed by atoms with Crippen molar-refractivity contribution in [3.8, 4) is 0 Å². The van der Waals surface area contributed by atoms with E-state index in [-0.39, 0.29) is 17.4 Å². The van der Waals surface area contributed by atoms with Gasteiger partial charge in [-0.1, -0.05) is 51.9 Å². The average molecular weight is 295 g/mol. The fourth-order valence-corrected chi connectivity index (χ4v) is 2.12. The Morgan fingerprint density at radius 1 is 1.00 bits per heavy atom. The maximum Gasteiger partial charge on any atom is 0.371 e. The Balaban J connectivity index is 2.06. The molecule has 0 aliphatic heterocycles. The zero-order chi connectivity index (χ0) is 15.5. The Kier molecular flexibility index (Phi) is 8.24. The van der Waals surface area contributed by atoms with Gasteiger partial charge in [-0.05, 0) is 18.6 Å². The van der Waals surface area contributed by atoms with Gasteiger partial charge < -0.3 is 14.8 Å². The predicted molar refractivity (Wildman–Crippen MR) is 80.6 cm³/mol. The van der Waals surface area contributed by atoms with Crippen molar-refractivity contribution in [3.63, 3.8) is 0 Å². The van der Waals surface area contributed by atoms with Crippen LogP contribution < -0.4 is 5.32 Å². The Morgan fingerprint density at radius 2 is 1.57 bits per heavy atom. The molecule has 0 aliphatic carbocycles. The second-order valence-electron chi connectivity index (χ2n) is 5.20. The number of hydrogen-bond acceptors (Lipinski definition) is 3. The molecule has 5 heteroatoms. The Bertz CT molecular complexity index is 439. The van der Waals surface area contributed by atoms with Crippen LogP contribution in [-0.4, -0.2) is 23.5 Å². The summed E-state index contributed by atoms with van der Waals surface area (Å²) in [6, 6.07) is 2.67. The fourth-order valence-electron chi connectivity index (χ4n) is 2.12. The molecule has 0 spiro atoms. The summed E-state index contributed by atoms with van der Waals surface area (Å²) < 4.78 is 4.93. The van der Waals surface area contributed by atoms with Crippen LogP contribution in [0.3, 0.4) is 0 Å². The number of rotatable bonds is 11. The summed E-state index contributed by atoms with van der Waals surface area (Å²) in [6.45, 7) is 2.80. The van der Waals surface area contributed by atoms with Crippen molar-refractivity contribution in [3.05, 3.63) is 23.7 Å². The van der Waals surface area contributed by atoms with Gasteiger partial charge in [0.2, 0.25) is 5.76 Å². The average Bonchev–Trinajstić information content (AvgIpc) is 2.95. The molecule has 0 atom stereocenters. The van der Waals surface area contributed by atoms with Crippen molar-refractivity contribution in [2.24, 2.45) is 0 Å². The van der Waals surface area contributed by atoms with E-state index >= 15 is 0 Å². The number of carbonyl (C=O) groups is 2. The number of carboxylic acids is 1. The van der Waals surface area contributed by atoms with Gasteiger partial charge in [0, 0.05) is 6.54 Å². The number of furan rings is 1. The van der Waals surface area contributed by atoms with Gasteiger partial charge in [0.1, 0.15) is 0 Å². The van der Waals surface area contributed by atoms with E-state index < -0.39 is 5.97 Å². The Hall–Kier alpha value is -1.78. The molecule has 0 unspecified atom stereocenters. The van der Waals surface area contributed by atoms with Crippen LogP contribution in [0.1, 0.15) is 79.4 Å². The van der Waals surface area contributed by atoms with Crippen molar-refractivity contribution in [2.45, 2.75) is 58.3 Å². The Labute approximate surface area is 125 Å². The SMILES string of the molecule is CCCCCCCCCCNC(=O)c1ccc(C(=O)O)o1.